The fourth-order valence-corrected chi connectivity index (χ4v) is 4.53. The Hall–Kier alpha value is -1.83. The van der Waals surface area contributed by atoms with Crippen LogP contribution in [0.25, 0.3) is 0 Å². The molecule has 2 atom stereocenters. The van der Waals surface area contributed by atoms with Gasteiger partial charge in [-0.2, -0.15) is 0 Å². The molecule has 7 heteroatoms. The lowest BCUT2D eigenvalue weighted by Gasteiger charge is -2.37. The summed E-state index contributed by atoms with van der Waals surface area (Å²) < 4.78 is 23.1. The number of likely N-dealkylation sites (tertiary alicyclic amines) is 1. The van der Waals surface area contributed by atoms with Gasteiger partial charge in [-0.3, -0.25) is 9.69 Å². The van der Waals surface area contributed by atoms with Crippen molar-refractivity contribution in [3.05, 3.63) is 23.8 Å². The van der Waals surface area contributed by atoms with Crippen molar-refractivity contribution < 1.29 is 23.7 Å². The van der Waals surface area contributed by atoms with Crippen molar-refractivity contribution >= 4 is 5.91 Å². The molecule has 2 saturated heterocycles. The molecule has 0 spiro atoms. The Morgan fingerprint density at radius 1 is 1.07 bits per heavy atom. The first-order valence-electron chi connectivity index (χ1n) is 11.3. The second-order valence-corrected chi connectivity index (χ2v) is 8.69. The highest BCUT2D eigenvalue weighted by molar-refractivity contribution is 5.78. The van der Waals surface area contributed by atoms with E-state index in [4.69, 9.17) is 18.9 Å². The highest BCUT2D eigenvalue weighted by Gasteiger charge is 2.35. The Kier molecular flexibility index (Phi) is 7.12. The van der Waals surface area contributed by atoms with Gasteiger partial charge in [-0.05, 0) is 43.0 Å². The third-order valence-electron chi connectivity index (χ3n) is 6.09. The predicted octanol–water partition coefficient (Wildman–Crippen LogP) is 2.89. The maximum Gasteiger partial charge on any atom is 0.234 e. The number of benzene rings is 1. The van der Waals surface area contributed by atoms with Crippen LogP contribution in [0.2, 0.25) is 0 Å². The number of carbonyl (C=O) groups excluding carboxylic acids is 1. The zero-order chi connectivity index (χ0) is 20.9. The molecule has 2 unspecified atom stereocenters. The third-order valence-corrected chi connectivity index (χ3v) is 6.09. The lowest BCUT2D eigenvalue weighted by atomic mass is 9.95. The number of ether oxygens (including phenoxy) is 4. The molecule has 1 amide bonds. The number of rotatable bonds is 6. The predicted molar refractivity (Wildman–Crippen MR) is 113 cm³/mol. The Bertz CT molecular complexity index is 720. The van der Waals surface area contributed by atoms with E-state index < -0.39 is 0 Å². The third kappa shape index (κ3) is 5.07. The summed E-state index contributed by atoms with van der Waals surface area (Å²) in [4.78, 5) is 15.2. The smallest absolute Gasteiger partial charge is 0.234 e. The standard InChI is InChI=1S/C23H34N2O5/c1-16(2)22(17-7-8-19-20(14-17)28-11-5-10-27-19)24-21(26)15-25-9-4-3-6-18(25)23-29-12-13-30-23/h7-8,14,16,18,22-23H,3-6,9-13,15H2,1-2H3,(H,24,26). The van der Waals surface area contributed by atoms with Gasteiger partial charge in [0, 0.05) is 6.42 Å². The summed E-state index contributed by atoms with van der Waals surface area (Å²) in [7, 11) is 0. The number of hydrogen-bond donors (Lipinski definition) is 1. The van der Waals surface area contributed by atoms with Crippen molar-refractivity contribution in [1.82, 2.24) is 10.2 Å². The highest BCUT2D eigenvalue weighted by atomic mass is 16.7. The zero-order valence-electron chi connectivity index (χ0n) is 18.1. The van der Waals surface area contributed by atoms with Crippen molar-refractivity contribution in [3.8, 4) is 11.5 Å². The second-order valence-electron chi connectivity index (χ2n) is 8.69. The van der Waals surface area contributed by atoms with Gasteiger partial charge >= 0.3 is 0 Å². The zero-order valence-corrected chi connectivity index (χ0v) is 18.1. The maximum absolute atomic E-state index is 13.0. The molecule has 4 rings (SSSR count). The van der Waals surface area contributed by atoms with E-state index in [9.17, 15) is 4.79 Å². The Labute approximate surface area is 179 Å². The highest BCUT2D eigenvalue weighted by Crippen LogP contribution is 2.34. The molecule has 1 N–H and O–H groups in total. The van der Waals surface area contributed by atoms with E-state index in [2.05, 4.69) is 24.1 Å². The average Bonchev–Trinajstić information content (AvgIpc) is 3.17. The Morgan fingerprint density at radius 3 is 2.60 bits per heavy atom. The number of nitrogens with one attached hydrogen (secondary N) is 1. The quantitative estimate of drug-likeness (QED) is 0.766. The molecular weight excluding hydrogens is 384 g/mol. The summed E-state index contributed by atoms with van der Waals surface area (Å²) in [5, 5.41) is 3.26. The first-order chi connectivity index (χ1) is 14.6. The second kappa shape index (κ2) is 9.98. The van der Waals surface area contributed by atoms with E-state index >= 15 is 0 Å². The summed E-state index contributed by atoms with van der Waals surface area (Å²) in [5.41, 5.74) is 1.04. The van der Waals surface area contributed by atoms with Gasteiger partial charge in [0.1, 0.15) is 0 Å². The van der Waals surface area contributed by atoms with Gasteiger partial charge < -0.3 is 24.3 Å². The number of carbonyl (C=O) groups is 1. The molecule has 1 aromatic carbocycles. The van der Waals surface area contributed by atoms with Gasteiger partial charge in [0.2, 0.25) is 5.91 Å². The molecule has 7 nitrogen and oxygen atoms in total. The van der Waals surface area contributed by atoms with Crippen molar-refractivity contribution in [2.75, 3.05) is 39.5 Å². The molecule has 3 aliphatic heterocycles. The molecule has 0 aliphatic carbocycles. The van der Waals surface area contributed by atoms with Crippen LogP contribution in [-0.4, -0.2) is 62.7 Å². The molecule has 0 aromatic heterocycles. The molecule has 30 heavy (non-hydrogen) atoms. The molecular formula is C23H34N2O5. The Balaban J connectivity index is 1.42. The van der Waals surface area contributed by atoms with Crippen molar-refractivity contribution in [2.45, 2.75) is 57.9 Å². The SMILES string of the molecule is CC(C)C(NC(=O)CN1CCCCC1C1OCCO1)c1ccc2c(c1)OCCCO2. The molecule has 166 valence electrons. The van der Waals surface area contributed by atoms with Crippen LogP contribution in [0.4, 0.5) is 0 Å². The van der Waals surface area contributed by atoms with E-state index in [0.717, 1.165) is 49.3 Å². The molecule has 0 saturated carbocycles. The van der Waals surface area contributed by atoms with Gasteiger partial charge in [0.05, 0.1) is 45.1 Å². The van der Waals surface area contributed by atoms with Crippen LogP contribution in [0, 0.1) is 5.92 Å². The van der Waals surface area contributed by atoms with E-state index in [1.165, 1.54) is 0 Å². The van der Waals surface area contributed by atoms with Crippen molar-refractivity contribution in [2.24, 2.45) is 5.92 Å². The number of amides is 1. The van der Waals surface area contributed by atoms with Gasteiger partial charge in [0.15, 0.2) is 17.8 Å². The summed E-state index contributed by atoms with van der Waals surface area (Å²) in [6.07, 6.45) is 3.93. The van der Waals surface area contributed by atoms with Crippen LogP contribution >= 0.6 is 0 Å². The van der Waals surface area contributed by atoms with Crippen LogP contribution in [0.15, 0.2) is 18.2 Å². The number of hydrogen-bond acceptors (Lipinski definition) is 6. The summed E-state index contributed by atoms with van der Waals surface area (Å²) >= 11 is 0. The van der Waals surface area contributed by atoms with Gasteiger partial charge in [-0.25, -0.2) is 0 Å². The molecule has 3 aliphatic rings. The first kappa shape index (κ1) is 21.4. The first-order valence-corrected chi connectivity index (χ1v) is 11.3. The van der Waals surface area contributed by atoms with E-state index in [1.807, 2.05) is 18.2 Å². The minimum Gasteiger partial charge on any atom is -0.490 e. The van der Waals surface area contributed by atoms with E-state index in [0.29, 0.717) is 33.0 Å². The summed E-state index contributed by atoms with van der Waals surface area (Å²) in [5.74, 6) is 1.82. The molecule has 3 heterocycles. The van der Waals surface area contributed by atoms with Crippen molar-refractivity contribution in [1.29, 1.82) is 0 Å². The van der Waals surface area contributed by atoms with E-state index in [1.54, 1.807) is 0 Å². The van der Waals surface area contributed by atoms with Crippen LogP contribution in [0.3, 0.4) is 0 Å². The van der Waals surface area contributed by atoms with Crippen LogP contribution in [-0.2, 0) is 14.3 Å². The van der Waals surface area contributed by atoms with Gasteiger partial charge in [0.25, 0.3) is 0 Å². The lowest BCUT2D eigenvalue weighted by Crippen LogP contribution is -2.51. The van der Waals surface area contributed by atoms with Crippen molar-refractivity contribution in [3.63, 3.8) is 0 Å². The average molecular weight is 419 g/mol. The molecule has 0 radical (unpaired) electrons. The fraction of sp³-hybridized carbons (Fsp3) is 0.696. The largest absolute Gasteiger partial charge is 0.490 e. The van der Waals surface area contributed by atoms with Gasteiger partial charge in [-0.15, -0.1) is 0 Å². The number of nitrogens with zero attached hydrogens (tertiary/aromatic N) is 1. The number of piperidine rings is 1. The minimum absolute atomic E-state index is 0.0331. The summed E-state index contributed by atoms with van der Waals surface area (Å²) in [6.45, 7) is 8.11. The van der Waals surface area contributed by atoms with Gasteiger partial charge in [-0.1, -0.05) is 26.3 Å². The van der Waals surface area contributed by atoms with E-state index in [-0.39, 0.29) is 30.2 Å². The normalized spacial score (nSPS) is 23.9. The molecule has 1 aromatic rings. The van der Waals surface area contributed by atoms with Crippen LogP contribution < -0.4 is 14.8 Å². The monoisotopic (exact) mass is 418 g/mol. The maximum atomic E-state index is 13.0. The lowest BCUT2D eigenvalue weighted by molar-refractivity contribution is -0.132. The van der Waals surface area contributed by atoms with Crippen LogP contribution in [0.5, 0.6) is 11.5 Å². The molecule has 0 bridgehead atoms. The summed E-state index contributed by atoms with van der Waals surface area (Å²) in [6, 6.07) is 6.06. The van der Waals surface area contributed by atoms with Crippen LogP contribution in [0.1, 0.15) is 51.1 Å². The molecule has 2 fully saturated rings. The number of fused-ring (bicyclic) bond motifs is 1. The fourth-order valence-electron chi connectivity index (χ4n) is 4.53. The Morgan fingerprint density at radius 2 is 1.83 bits per heavy atom. The topological polar surface area (TPSA) is 69.3 Å². The minimum atomic E-state index is -0.208.